The molecule has 2 aliphatic rings. The Hall–Kier alpha value is -7.61. The van der Waals surface area contributed by atoms with Gasteiger partial charge < -0.3 is 0 Å². The molecule has 3 unspecified atom stereocenters. The van der Waals surface area contributed by atoms with E-state index < -0.39 is 5.41 Å². The first kappa shape index (κ1) is 37.4. The molecule has 0 bridgehead atoms. The average molecular weight is 815 g/mol. The van der Waals surface area contributed by atoms with Gasteiger partial charge in [0.05, 0.1) is 28.2 Å². The number of rotatable bonds is 8. The van der Waals surface area contributed by atoms with Crippen LogP contribution in [-0.2, 0) is 5.41 Å². The van der Waals surface area contributed by atoms with Crippen LogP contribution in [-0.4, -0.2) is 35.2 Å². The zero-order chi connectivity index (χ0) is 41.3. The molecule has 0 fully saturated rings. The van der Waals surface area contributed by atoms with Crippen LogP contribution >= 0.6 is 11.8 Å². The van der Waals surface area contributed by atoms with Gasteiger partial charge in [0.15, 0.2) is 17.5 Å². The number of hydrogen-bond acceptors (Lipinski definition) is 7. The molecule has 4 aromatic heterocycles. The Balaban J connectivity index is 1.13. The number of aromatic nitrogens is 6. The molecule has 0 spiro atoms. The average Bonchev–Trinajstić information content (AvgIpc) is 3.36. The predicted octanol–water partition coefficient (Wildman–Crippen LogP) is 12.6. The Morgan fingerprint density at radius 2 is 0.903 bits per heavy atom. The van der Waals surface area contributed by atoms with Crippen molar-refractivity contribution in [2.45, 2.75) is 15.6 Å². The van der Waals surface area contributed by atoms with E-state index in [0.717, 1.165) is 56.2 Å². The number of pyridine rings is 3. The highest BCUT2D eigenvalue weighted by Gasteiger charge is 2.50. The second-order valence-electron chi connectivity index (χ2n) is 15.4. The minimum atomic E-state index is -0.599. The summed E-state index contributed by atoms with van der Waals surface area (Å²) in [5, 5.41) is 0.196. The van der Waals surface area contributed by atoms with E-state index in [-0.39, 0.29) is 11.2 Å². The largest absolute Gasteiger partial charge is 0.255 e. The highest BCUT2D eigenvalue weighted by atomic mass is 32.2. The van der Waals surface area contributed by atoms with Crippen LogP contribution in [0, 0.1) is 5.92 Å². The lowest BCUT2D eigenvalue weighted by molar-refractivity contribution is 0.440. The molecule has 1 aliphatic heterocycles. The summed E-state index contributed by atoms with van der Waals surface area (Å²) in [5.41, 5.74) is 11.1. The molecular weight excluding hydrogens is 777 g/mol. The Bertz CT molecular complexity index is 2830. The molecule has 6 nitrogen and oxygen atoms in total. The number of hydrogen-bond donors (Lipinski definition) is 0. The van der Waals surface area contributed by atoms with Gasteiger partial charge >= 0.3 is 0 Å². The van der Waals surface area contributed by atoms with E-state index in [9.17, 15) is 0 Å². The molecule has 0 saturated heterocycles. The Morgan fingerprint density at radius 1 is 0.387 bits per heavy atom. The van der Waals surface area contributed by atoms with Crippen molar-refractivity contribution in [3.63, 3.8) is 0 Å². The van der Waals surface area contributed by atoms with Gasteiger partial charge in [-0.1, -0.05) is 152 Å². The highest BCUT2D eigenvalue weighted by Crippen LogP contribution is 2.58. The molecule has 0 radical (unpaired) electrons. The second kappa shape index (κ2) is 16.1. The lowest BCUT2D eigenvalue weighted by atomic mass is 9.59. The van der Waals surface area contributed by atoms with E-state index in [4.69, 9.17) is 29.9 Å². The minimum absolute atomic E-state index is 0.0848. The SMILES string of the molecule is C1=CC2Sc3ccccc3C(c3cccc(-c4cc(-c5ccccn5)nc(-c5ccccn5)c4)c3)(c3cccc(-c4nc(-c5ccccc5)nc(-c5ccccc5)n4)c3)C2C=C1. The molecule has 9 aromatic rings. The fourth-order valence-corrected chi connectivity index (χ4v) is 10.4. The zero-order valence-electron chi connectivity index (χ0n) is 33.5. The van der Waals surface area contributed by atoms with Gasteiger partial charge in [0.1, 0.15) is 0 Å². The number of thioether (sulfide) groups is 1. The van der Waals surface area contributed by atoms with Gasteiger partial charge in [-0.25, -0.2) is 19.9 Å². The molecule has 7 heteroatoms. The molecule has 294 valence electrons. The molecule has 3 atom stereocenters. The summed E-state index contributed by atoms with van der Waals surface area (Å²) >= 11 is 1.94. The number of benzene rings is 5. The molecule has 5 aromatic carbocycles. The van der Waals surface area contributed by atoms with Crippen LogP contribution in [0.3, 0.4) is 0 Å². The summed E-state index contributed by atoms with van der Waals surface area (Å²) in [4.78, 5) is 31.1. The number of nitrogens with zero attached hydrogens (tertiary/aromatic N) is 6. The van der Waals surface area contributed by atoms with Crippen molar-refractivity contribution in [3.05, 3.63) is 235 Å². The van der Waals surface area contributed by atoms with Crippen LogP contribution in [0.1, 0.15) is 16.7 Å². The smallest absolute Gasteiger partial charge is 0.164 e. The molecule has 0 N–H and O–H groups in total. The molecule has 62 heavy (non-hydrogen) atoms. The maximum Gasteiger partial charge on any atom is 0.164 e. The van der Waals surface area contributed by atoms with Crippen LogP contribution in [0.5, 0.6) is 0 Å². The summed E-state index contributed by atoms with van der Waals surface area (Å²) in [6.45, 7) is 0. The van der Waals surface area contributed by atoms with Crippen LogP contribution in [0.25, 0.3) is 68.1 Å². The van der Waals surface area contributed by atoms with Crippen molar-refractivity contribution in [2.24, 2.45) is 5.92 Å². The lowest BCUT2D eigenvalue weighted by Gasteiger charge is -2.49. The van der Waals surface area contributed by atoms with Crippen molar-refractivity contribution in [3.8, 4) is 68.1 Å². The van der Waals surface area contributed by atoms with E-state index in [1.165, 1.54) is 16.0 Å². The lowest BCUT2D eigenvalue weighted by Crippen LogP contribution is -2.45. The topological polar surface area (TPSA) is 77.3 Å². The van der Waals surface area contributed by atoms with Gasteiger partial charge in [0, 0.05) is 45.1 Å². The molecule has 5 heterocycles. The van der Waals surface area contributed by atoms with Crippen LogP contribution in [0.15, 0.2) is 224 Å². The third-order valence-electron chi connectivity index (χ3n) is 11.8. The maximum atomic E-state index is 5.16. The Kier molecular flexibility index (Phi) is 9.71. The quantitative estimate of drug-likeness (QED) is 0.151. The van der Waals surface area contributed by atoms with Gasteiger partial charge in [0.25, 0.3) is 0 Å². The minimum Gasteiger partial charge on any atom is -0.255 e. The van der Waals surface area contributed by atoms with Crippen molar-refractivity contribution in [2.75, 3.05) is 0 Å². The molecular formula is C55H38N6S. The summed E-state index contributed by atoms with van der Waals surface area (Å²) in [7, 11) is 0. The molecule has 0 saturated carbocycles. The number of fused-ring (bicyclic) bond motifs is 2. The monoisotopic (exact) mass is 814 g/mol. The summed E-state index contributed by atoms with van der Waals surface area (Å²) in [6.07, 6.45) is 12.8. The molecule has 0 amide bonds. The normalized spacial score (nSPS) is 17.5. The van der Waals surface area contributed by atoms with E-state index in [0.29, 0.717) is 17.5 Å². The van der Waals surface area contributed by atoms with Gasteiger partial charge in [0.2, 0.25) is 0 Å². The Morgan fingerprint density at radius 3 is 1.52 bits per heavy atom. The Labute approximate surface area is 364 Å². The van der Waals surface area contributed by atoms with Crippen LogP contribution < -0.4 is 0 Å². The first-order valence-corrected chi connectivity index (χ1v) is 21.6. The summed E-state index contributed by atoms with van der Waals surface area (Å²) in [5.74, 6) is 1.98. The zero-order valence-corrected chi connectivity index (χ0v) is 34.3. The first-order chi connectivity index (χ1) is 30.7. The first-order valence-electron chi connectivity index (χ1n) is 20.8. The standard InChI is InChI=1S/C55H38N6S/c1-3-17-37(18-4-1)52-59-53(38-19-5-2-6-20-38)61-54(60-52)40-22-16-24-43(34-40)55(44-25-7-9-29-50(44)62-51-30-10-8-26-45(51)55)42-23-15-21-39(33-42)41-35-48(46-27-11-13-31-56-46)58-49(36-41)47-28-12-14-32-57-47/h1-36,44,50H. The van der Waals surface area contributed by atoms with Crippen molar-refractivity contribution < 1.29 is 0 Å². The van der Waals surface area contributed by atoms with Crippen molar-refractivity contribution in [1.82, 2.24) is 29.9 Å². The second-order valence-corrected chi connectivity index (χ2v) is 16.7. The van der Waals surface area contributed by atoms with E-state index >= 15 is 0 Å². The summed E-state index contributed by atoms with van der Waals surface area (Å²) < 4.78 is 0. The van der Waals surface area contributed by atoms with E-state index in [1.54, 1.807) is 0 Å². The molecule has 11 rings (SSSR count). The van der Waals surface area contributed by atoms with Gasteiger partial charge in [-0.15, -0.1) is 11.8 Å². The highest BCUT2D eigenvalue weighted by molar-refractivity contribution is 8.00. The fraction of sp³-hybridized carbons (Fsp3) is 0.0545. The fourth-order valence-electron chi connectivity index (χ4n) is 8.95. The summed E-state index contributed by atoms with van der Waals surface area (Å²) in [6, 6.07) is 63.3. The van der Waals surface area contributed by atoms with E-state index in [2.05, 4.69) is 109 Å². The molecule has 1 aliphatic carbocycles. The van der Waals surface area contributed by atoms with Gasteiger partial charge in [-0.05, 0) is 82.4 Å². The third-order valence-corrected chi connectivity index (χ3v) is 13.1. The van der Waals surface area contributed by atoms with Crippen LogP contribution in [0.4, 0.5) is 0 Å². The predicted molar refractivity (Wildman–Crippen MR) is 250 cm³/mol. The third kappa shape index (κ3) is 6.82. The number of allylic oxidation sites excluding steroid dienone is 3. The van der Waals surface area contributed by atoms with Gasteiger partial charge in [-0.2, -0.15) is 0 Å². The van der Waals surface area contributed by atoms with Crippen molar-refractivity contribution in [1.29, 1.82) is 0 Å². The van der Waals surface area contributed by atoms with Crippen LogP contribution in [0.2, 0.25) is 0 Å². The maximum absolute atomic E-state index is 5.16. The van der Waals surface area contributed by atoms with E-state index in [1.807, 2.05) is 121 Å². The van der Waals surface area contributed by atoms with Crippen molar-refractivity contribution >= 4 is 11.8 Å². The van der Waals surface area contributed by atoms with Gasteiger partial charge in [-0.3, -0.25) is 9.97 Å².